The normalized spacial score (nSPS) is 48.0. The third-order valence-electron chi connectivity index (χ3n) is 4.48. The SMILES string of the molecule is O=C1OC(=O)[C@H]2C3C=CC([C@@H]12)[C@@H]1C(=O)OC(=O)[C@H]31. The van der Waals surface area contributed by atoms with Crippen molar-refractivity contribution in [3.8, 4) is 0 Å². The average Bonchev–Trinajstić information content (AvgIpc) is 2.81. The van der Waals surface area contributed by atoms with Crippen molar-refractivity contribution in [2.45, 2.75) is 0 Å². The van der Waals surface area contributed by atoms with Crippen molar-refractivity contribution in [3.63, 3.8) is 0 Å². The minimum absolute atomic E-state index is 0.456. The zero-order chi connectivity index (χ0) is 12.6. The Morgan fingerprint density at radius 3 is 1.17 bits per heavy atom. The molecule has 0 spiro atoms. The Hall–Kier alpha value is -1.98. The van der Waals surface area contributed by atoms with E-state index in [2.05, 4.69) is 9.47 Å². The summed E-state index contributed by atoms with van der Waals surface area (Å²) in [7, 11) is 0. The Kier molecular flexibility index (Phi) is 1.60. The smallest absolute Gasteiger partial charge is 0.318 e. The molecule has 6 nitrogen and oxygen atoms in total. The molecule has 0 aromatic carbocycles. The first-order valence-corrected chi connectivity index (χ1v) is 5.79. The number of allylic oxidation sites excluding steroid dienone is 2. The molecule has 1 saturated carbocycles. The van der Waals surface area contributed by atoms with Crippen LogP contribution in [-0.2, 0) is 28.7 Å². The lowest BCUT2D eigenvalue weighted by molar-refractivity contribution is -0.154. The Labute approximate surface area is 101 Å². The van der Waals surface area contributed by atoms with Gasteiger partial charge in [0, 0.05) is 11.8 Å². The summed E-state index contributed by atoms with van der Waals surface area (Å²) in [6.45, 7) is 0. The highest BCUT2D eigenvalue weighted by Gasteiger charge is 2.67. The van der Waals surface area contributed by atoms with Crippen LogP contribution >= 0.6 is 0 Å². The van der Waals surface area contributed by atoms with Crippen LogP contribution in [0.3, 0.4) is 0 Å². The number of carbonyl (C=O) groups excluding carboxylic acids is 4. The Bertz CT molecular complexity index is 459. The van der Waals surface area contributed by atoms with Gasteiger partial charge in [0.05, 0.1) is 23.7 Å². The fourth-order valence-corrected chi connectivity index (χ4v) is 3.83. The number of ether oxygens (including phenoxy) is 2. The lowest BCUT2D eigenvalue weighted by Crippen LogP contribution is -2.50. The summed E-state index contributed by atoms with van der Waals surface area (Å²) in [5.74, 6) is -5.79. The molecule has 5 rings (SSSR count). The van der Waals surface area contributed by atoms with Gasteiger partial charge in [-0.05, 0) is 0 Å². The molecule has 2 heterocycles. The lowest BCUT2D eigenvalue weighted by atomic mass is 9.54. The monoisotopic (exact) mass is 248 g/mol. The van der Waals surface area contributed by atoms with E-state index in [1.807, 2.05) is 0 Å². The van der Waals surface area contributed by atoms with E-state index in [-0.39, 0.29) is 0 Å². The van der Waals surface area contributed by atoms with Gasteiger partial charge in [0.15, 0.2) is 0 Å². The molecule has 0 aromatic heterocycles. The number of hydrogen-bond donors (Lipinski definition) is 0. The van der Waals surface area contributed by atoms with Gasteiger partial charge in [-0.1, -0.05) is 12.2 Å². The Balaban J connectivity index is 1.88. The molecule has 0 N–H and O–H groups in total. The summed E-state index contributed by atoms with van der Waals surface area (Å²) in [5.41, 5.74) is 0. The summed E-state index contributed by atoms with van der Waals surface area (Å²) in [6.07, 6.45) is 3.49. The first-order chi connectivity index (χ1) is 8.59. The van der Waals surface area contributed by atoms with E-state index in [0.717, 1.165) is 0 Å². The highest BCUT2D eigenvalue weighted by Crippen LogP contribution is 2.56. The van der Waals surface area contributed by atoms with Crippen LogP contribution in [0.1, 0.15) is 0 Å². The van der Waals surface area contributed by atoms with Gasteiger partial charge in [-0.15, -0.1) is 0 Å². The second kappa shape index (κ2) is 2.88. The second-order valence-corrected chi connectivity index (χ2v) is 5.12. The van der Waals surface area contributed by atoms with E-state index in [1.54, 1.807) is 12.2 Å². The number of carbonyl (C=O) groups is 4. The van der Waals surface area contributed by atoms with E-state index in [4.69, 9.17) is 0 Å². The van der Waals surface area contributed by atoms with Gasteiger partial charge >= 0.3 is 23.9 Å². The van der Waals surface area contributed by atoms with Crippen molar-refractivity contribution >= 4 is 23.9 Å². The molecule has 2 unspecified atom stereocenters. The van der Waals surface area contributed by atoms with E-state index in [9.17, 15) is 19.2 Å². The molecule has 6 atom stereocenters. The quantitative estimate of drug-likeness (QED) is 0.324. The van der Waals surface area contributed by atoms with Crippen LogP contribution in [-0.4, -0.2) is 23.9 Å². The van der Waals surface area contributed by atoms with Gasteiger partial charge in [-0.3, -0.25) is 19.2 Å². The number of hydrogen-bond acceptors (Lipinski definition) is 6. The van der Waals surface area contributed by atoms with Gasteiger partial charge < -0.3 is 9.47 Å². The van der Waals surface area contributed by atoms with Crippen molar-refractivity contribution in [3.05, 3.63) is 12.2 Å². The van der Waals surface area contributed by atoms with Crippen molar-refractivity contribution in [2.75, 3.05) is 0 Å². The number of esters is 4. The maximum absolute atomic E-state index is 11.7. The molecular weight excluding hydrogens is 240 g/mol. The van der Waals surface area contributed by atoms with Crippen LogP contribution in [0.2, 0.25) is 0 Å². The molecule has 0 aromatic rings. The van der Waals surface area contributed by atoms with Gasteiger partial charge in [0.2, 0.25) is 0 Å². The predicted octanol–water partition coefficient (Wildman–Crippen LogP) is -0.566. The molecule has 3 fully saturated rings. The highest BCUT2D eigenvalue weighted by molar-refractivity contribution is 6.03. The molecule has 18 heavy (non-hydrogen) atoms. The third kappa shape index (κ3) is 0.913. The predicted molar refractivity (Wildman–Crippen MR) is 52.3 cm³/mol. The van der Waals surface area contributed by atoms with Gasteiger partial charge in [0.1, 0.15) is 0 Å². The van der Waals surface area contributed by atoms with Crippen molar-refractivity contribution in [1.29, 1.82) is 0 Å². The molecule has 2 bridgehead atoms. The molecule has 0 radical (unpaired) electrons. The van der Waals surface area contributed by atoms with E-state index < -0.39 is 59.4 Å². The summed E-state index contributed by atoms with van der Waals surface area (Å²) >= 11 is 0. The summed E-state index contributed by atoms with van der Waals surface area (Å²) in [6, 6.07) is 0. The van der Waals surface area contributed by atoms with Crippen LogP contribution in [0.15, 0.2) is 12.2 Å². The number of rotatable bonds is 0. The molecule has 2 saturated heterocycles. The molecule has 3 aliphatic carbocycles. The first kappa shape index (κ1) is 9.99. The maximum atomic E-state index is 11.7. The molecule has 5 aliphatic rings. The van der Waals surface area contributed by atoms with Crippen LogP contribution < -0.4 is 0 Å². The van der Waals surface area contributed by atoms with Crippen LogP contribution in [0.4, 0.5) is 0 Å². The van der Waals surface area contributed by atoms with Crippen LogP contribution in [0, 0.1) is 35.5 Å². The molecule has 6 heteroatoms. The molecule has 0 amide bonds. The largest absolute Gasteiger partial charge is 0.393 e. The Morgan fingerprint density at radius 1 is 0.611 bits per heavy atom. The van der Waals surface area contributed by atoms with Crippen LogP contribution in [0.25, 0.3) is 0 Å². The standard InChI is InChI=1S/C12H8O6/c13-9-5-3-1-2-4(7(5)11(15)17-9)8-6(3)10(14)18-12(8)16/h1-8H/t3?,4?,5-,6+,7+,8-. The fraction of sp³-hybridized carbons (Fsp3) is 0.500. The average molecular weight is 248 g/mol. The molecule has 2 aliphatic heterocycles. The van der Waals surface area contributed by atoms with E-state index in [1.165, 1.54) is 0 Å². The molecule has 92 valence electrons. The maximum Gasteiger partial charge on any atom is 0.318 e. The topological polar surface area (TPSA) is 86.7 Å². The summed E-state index contributed by atoms with van der Waals surface area (Å²) in [5, 5.41) is 0. The summed E-state index contributed by atoms with van der Waals surface area (Å²) in [4.78, 5) is 46.7. The van der Waals surface area contributed by atoms with Crippen molar-refractivity contribution in [2.24, 2.45) is 35.5 Å². The zero-order valence-corrected chi connectivity index (χ0v) is 9.07. The first-order valence-electron chi connectivity index (χ1n) is 5.79. The van der Waals surface area contributed by atoms with Gasteiger partial charge in [-0.25, -0.2) is 0 Å². The minimum Gasteiger partial charge on any atom is -0.393 e. The lowest BCUT2D eigenvalue weighted by Gasteiger charge is -2.42. The van der Waals surface area contributed by atoms with Crippen LogP contribution in [0.5, 0.6) is 0 Å². The van der Waals surface area contributed by atoms with Crippen molar-refractivity contribution in [1.82, 2.24) is 0 Å². The third-order valence-corrected chi connectivity index (χ3v) is 4.48. The fourth-order valence-electron chi connectivity index (χ4n) is 3.83. The zero-order valence-electron chi connectivity index (χ0n) is 9.07. The van der Waals surface area contributed by atoms with Gasteiger partial charge in [0.25, 0.3) is 0 Å². The highest BCUT2D eigenvalue weighted by atomic mass is 16.6. The van der Waals surface area contributed by atoms with Gasteiger partial charge in [-0.2, -0.15) is 0 Å². The minimum atomic E-state index is -0.632. The Morgan fingerprint density at radius 2 is 0.889 bits per heavy atom. The summed E-state index contributed by atoms with van der Waals surface area (Å²) < 4.78 is 9.29. The van der Waals surface area contributed by atoms with E-state index in [0.29, 0.717) is 0 Å². The molecular formula is C12H8O6. The number of cyclic esters (lactones) is 4. The second-order valence-electron chi connectivity index (χ2n) is 5.12. The van der Waals surface area contributed by atoms with Crippen molar-refractivity contribution < 1.29 is 28.7 Å². The van der Waals surface area contributed by atoms with E-state index >= 15 is 0 Å².